The van der Waals surface area contributed by atoms with Crippen molar-refractivity contribution in [1.82, 2.24) is 0 Å². The molecule has 0 aromatic heterocycles. The first-order chi connectivity index (χ1) is 5.70. The fraction of sp³-hybridized carbons (Fsp3) is 0.750. The number of aliphatic carboxylic acids is 1. The number of hydrogen-bond donors (Lipinski definition) is 1. The van der Waals surface area contributed by atoms with Crippen molar-refractivity contribution in [3.8, 4) is 0 Å². The molecule has 0 aromatic carbocycles. The fourth-order valence-electron chi connectivity index (χ4n) is 1.38. The first-order valence-electron chi connectivity index (χ1n) is 4.14. The van der Waals surface area contributed by atoms with Crippen LogP contribution < -0.4 is 0 Å². The molecular formula is C8H12O4. The number of carboxylic acid groups (broad SMARTS) is 1. The minimum atomic E-state index is -1.50. The van der Waals surface area contributed by atoms with Crippen LogP contribution in [-0.4, -0.2) is 23.1 Å². The summed E-state index contributed by atoms with van der Waals surface area (Å²) in [4.78, 5) is 20.7. The Morgan fingerprint density at radius 3 is 2.25 bits per heavy atom. The highest BCUT2D eigenvalue weighted by Crippen LogP contribution is 2.20. The molecule has 0 unspecified atom stereocenters. The topological polar surface area (TPSA) is 63.6 Å². The third kappa shape index (κ3) is 2.53. The van der Waals surface area contributed by atoms with Gasteiger partial charge in [-0.1, -0.05) is 6.42 Å². The number of carbonyl (C=O) groups excluding carboxylic acids is 1. The van der Waals surface area contributed by atoms with E-state index in [1.165, 1.54) is 0 Å². The molecule has 0 amide bonds. The highest BCUT2D eigenvalue weighted by atomic mass is 16.6. The number of rotatable bonds is 1. The average Bonchev–Trinajstić information content (AvgIpc) is 2.06. The van der Waals surface area contributed by atoms with Gasteiger partial charge in [-0.3, -0.25) is 0 Å². The molecule has 1 N–H and O–H groups in total. The molecule has 0 atom stereocenters. The lowest BCUT2D eigenvalue weighted by atomic mass is 9.98. The Hall–Kier alpha value is -1.06. The predicted octanol–water partition coefficient (Wildman–Crippen LogP) is 0.947. The summed E-state index contributed by atoms with van der Waals surface area (Å²) in [5.41, 5.74) is 0. The van der Waals surface area contributed by atoms with Crippen molar-refractivity contribution in [2.24, 2.45) is 0 Å². The lowest BCUT2D eigenvalue weighted by molar-refractivity contribution is -0.168. The molecule has 0 radical (unpaired) electrons. The Morgan fingerprint density at radius 2 is 1.75 bits per heavy atom. The van der Waals surface area contributed by atoms with E-state index in [-0.39, 0.29) is 6.10 Å². The zero-order valence-corrected chi connectivity index (χ0v) is 6.78. The number of carbonyl (C=O) groups is 2. The van der Waals surface area contributed by atoms with Crippen LogP contribution in [-0.2, 0) is 14.3 Å². The van der Waals surface area contributed by atoms with Crippen molar-refractivity contribution in [3.05, 3.63) is 0 Å². The standard InChI is InChI=1S/C8H12O4/c9-7(10)8(11)12-6-4-2-1-3-5-6/h6H,1-5H2,(H,9,10). The van der Waals surface area contributed by atoms with E-state index in [9.17, 15) is 9.59 Å². The summed E-state index contributed by atoms with van der Waals surface area (Å²) in [6.45, 7) is 0. The quantitative estimate of drug-likeness (QED) is 0.472. The summed E-state index contributed by atoms with van der Waals surface area (Å²) in [7, 11) is 0. The third-order valence-electron chi connectivity index (χ3n) is 2.00. The van der Waals surface area contributed by atoms with Crippen molar-refractivity contribution in [2.75, 3.05) is 0 Å². The van der Waals surface area contributed by atoms with E-state index in [4.69, 9.17) is 9.84 Å². The molecule has 4 heteroatoms. The van der Waals surface area contributed by atoms with Crippen LogP contribution in [0.4, 0.5) is 0 Å². The maximum atomic E-state index is 10.6. The van der Waals surface area contributed by atoms with Crippen molar-refractivity contribution < 1.29 is 19.4 Å². The fourth-order valence-corrected chi connectivity index (χ4v) is 1.38. The van der Waals surface area contributed by atoms with Crippen molar-refractivity contribution >= 4 is 11.9 Å². The monoisotopic (exact) mass is 172 g/mol. The zero-order chi connectivity index (χ0) is 8.97. The Balaban J connectivity index is 2.29. The van der Waals surface area contributed by atoms with Gasteiger partial charge in [-0.2, -0.15) is 0 Å². The van der Waals surface area contributed by atoms with Gasteiger partial charge in [0, 0.05) is 0 Å². The van der Waals surface area contributed by atoms with Gasteiger partial charge >= 0.3 is 11.9 Å². The molecule has 4 nitrogen and oxygen atoms in total. The van der Waals surface area contributed by atoms with Gasteiger partial charge in [-0.25, -0.2) is 9.59 Å². The number of esters is 1. The predicted molar refractivity (Wildman–Crippen MR) is 40.6 cm³/mol. The molecule has 1 aliphatic carbocycles. The highest BCUT2D eigenvalue weighted by Gasteiger charge is 2.21. The van der Waals surface area contributed by atoms with E-state index >= 15 is 0 Å². The largest absolute Gasteiger partial charge is 0.473 e. The van der Waals surface area contributed by atoms with Gasteiger partial charge < -0.3 is 9.84 Å². The lowest BCUT2D eigenvalue weighted by Gasteiger charge is -2.20. The maximum Gasteiger partial charge on any atom is 0.417 e. The van der Waals surface area contributed by atoms with Crippen LogP contribution in [0.1, 0.15) is 32.1 Å². The van der Waals surface area contributed by atoms with Crippen molar-refractivity contribution in [2.45, 2.75) is 38.2 Å². The second-order valence-electron chi connectivity index (χ2n) is 2.97. The van der Waals surface area contributed by atoms with E-state index < -0.39 is 11.9 Å². The Kier molecular flexibility index (Phi) is 3.08. The van der Waals surface area contributed by atoms with Gasteiger partial charge in [0.1, 0.15) is 6.10 Å². The highest BCUT2D eigenvalue weighted by molar-refractivity contribution is 6.28. The minimum Gasteiger partial charge on any atom is -0.473 e. The Morgan fingerprint density at radius 1 is 1.17 bits per heavy atom. The van der Waals surface area contributed by atoms with Crippen LogP contribution in [0.2, 0.25) is 0 Å². The first-order valence-corrected chi connectivity index (χ1v) is 4.14. The molecule has 0 aliphatic heterocycles. The van der Waals surface area contributed by atoms with E-state index in [1.807, 2.05) is 0 Å². The summed E-state index contributed by atoms with van der Waals surface area (Å²) in [6.07, 6.45) is 4.65. The zero-order valence-electron chi connectivity index (χ0n) is 6.78. The minimum absolute atomic E-state index is 0.164. The third-order valence-corrected chi connectivity index (χ3v) is 2.00. The second-order valence-corrected chi connectivity index (χ2v) is 2.97. The second kappa shape index (κ2) is 4.09. The average molecular weight is 172 g/mol. The molecule has 1 saturated carbocycles. The number of carboxylic acids is 1. The van der Waals surface area contributed by atoms with Gasteiger partial charge in [0.15, 0.2) is 0 Å². The molecule has 0 aromatic rings. The summed E-state index contributed by atoms with van der Waals surface area (Å²) in [6, 6.07) is 0. The van der Waals surface area contributed by atoms with Gasteiger partial charge in [-0.15, -0.1) is 0 Å². The Bertz CT molecular complexity index is 181. The van der Waals surface area contributed by atoms with Crippen molar-refractivity contribution in [3.63, 3.8) is 0 Å². The van der Waals surface area contributed by atoms with Crippen LogP contribution in [0.25, 0.3) is 0 Å². The summed E-state index contributed by atoms with van der Waals surface area (Å²) in [5, 5.41) is 8.24. The molecular weight excluding hydrogens is 160 g/mol. The molecule has 0 saturated heterocycles. The maximum absolute atomic E-state index is 10.6. The number of hydrogen-bond acceptors (Lipinski definition) is 3. The van der Waals surface area contributed by atoms with Crippen molar-refractivity contribution in [1.29, 1.82) is 0 Å². The number of ether oxygens (including phenoxy) is 1. The summed E-state index contributed by atoms with van der Waals surface area (Å²) < 4.78 is 4.71. The van der Waals surface area contributed by atoms with Crippen LogP contribution >= 0.6 is 0 Å². The normalized spacial score (nSPS) is 18.7. The molecule has 0 bridgehead atoms. The van der Waals surface area contributed by atoms with E-state index in [2.05, 4.69) is 0 Å². The van der Waals surface area contributed by atoms with Crippen LogP contribution in [0.15, 0.2) is 0 Å². The summed E-state index contributed by atoms with van der Waals surface area (Å²) in [5.74, 6) is -2.62. The van der Waals surface area contributed by atoms with Crippen LogP contribution in [0.3, 0.4) is 0 Å². The molecule has 12 heavy (non-hydrogen) atoms. The van der Waals surface area contributed by atoms with Crippen LogP contribution in [0.5, 0.6) is 0 Å². The van der Waals surface area contributed by atoms with Gasteiger partial charge in [-0.05, 0) is 25.7 Å². The van der Waals surface area contributed by atoms with E-state index in [0.717, 1.165) is 32.1 Å². The molecule has 68 valence electrons. The van der Waals surface area contributed by atoms with Crippen LogP contribution in [0, 0.1) is 0 Å². The molecule has 1 aliphatic rings. The first kappa shape index (κ1) is 9.03. The summed E-state index contributed by atoms with van der Waals surface area (Å²) >= 11 is 0. The SMILES string of the molecule is O=C(O)C(=O)OC1CCCCC1. The molecule has 1 fully saturated rings. The lowest BCUT2D eigenvalue weighted by Crippen LogP contribution is -2.25. The molecule has 0 spiro atoms. The van der Waals surface area contributed by atoms with Gasteiger partial charge in [0.25, 0.3) is 0 Å². The smallest absolute Gasteiger partial charge is 0.417 e. The van der Waals surface area contributed by atoms with E-state index in [1.54, 1.807) is 0 Å². The molecule has 0 heterocycles. The van der Waals surface area contributed by atoms with E-state index in [0.29, 0.717) is 0 Å². The van der Waals surface area contributed by atoms with Gasteiger partial charge in [0.2, 0.25) is 0 Å². The van der Waals surface area contributed by atoms with Gasteiger partial charge in [0.05, 0.1) is 0 Å². The Labute approximate surface area is 70.5 Å². The molecule has 1 rings (SSSR count).